The lowest BCUT2D eigenvalue weighted by Gasteiger charge is -2.27. The van der Waals surface area contributed by atoms with Crippen LogP contribution in [0.5, 0.6) is 0 Å². The average molecular weight is 567 g/mol. The minimum absolute atomic E-state index is 0.0762. The smallest absolute Gasteiger partial charge is 0.335 e. The number of carboxylic acids is 1. The van der Waals surface area contributed by atoms with Gasteiger partial charge in [0.25, 0.3) is 0 Å². The Morgan fingerprint density at radius 2 is 1.85 bits per heavy atom. The molecule has 0 spiro atoms. The van der Waals surface area contributed by atoms with Crippen molar-refractivity contribution in [3.63, 3.8) is 0 Å². The zero-order valence-electron chi connectivity index (χ0n) is 22.6. The van der Waals surface area contributed by atoms with Gasteiger partial charge in [-0.1, -0.05) is 11.6 Å². The normalized spacial score (nSPS) is 13.1. The zero-order valence-corrected chi connectivity index (χ0v) is 23.3. The molecule has 1 unspecified atom stereocenters. The van der Waals surface area contributed by atoms with Gasteiger partial charge in [0.1, 0.15) is 18.1 Å². The maximum Gasteiger partial charge on any atom is 0.335 e. The first-order valence-electron chi connectivity index (χ1n) is 12.0. The number of ether oxygens (including phenoxy) is 1. The monoisotopic (exact) mass is 566 g/mol. The van der Waals surface area contributed by atoms with E-state index in [0.29, 0.717) is 33.7 Å². The summed E-state index contributed by atoms with van der Waals surface area (Å²) in [5, 5.41) is 12.3. The molecule has 11 heteroatoms. The number of carboxylic acid groups (broad SMARTS) is 1. The fraction of sp³-hybridized carbons (Fsp3) is 0.207. The summed E-state index contributed by atoms with van der Waals surface area (Å²) in [7, 11) is 4.60. The highest BCUT2D eigenvalue weighted by Crippen LogP contribution is 2.30. The van der Waals surface area contributed by atoms with Crippen LogP contribution < -0.4 is 11.1 Å². The van der Waals surface area contributed by atoms with Crippen molar-refractivity contribution in [2.45, 2.75) is 19.4 Å². The van der Waals surface area contributed by atoms with Crippen molar-refractivity contribution in [3.8, 4) is 0 Å². The first-order valence-corrected chi connectivity index (χ1v) is 12.4. The minimum Gasteiger partial charge on any atom is -0.495 e. The van der Waals surface area contributed by atoms with E-state index in [2.05, 4.69) is 10.3 Å². The number of aliphatic imine (C=N–C) groups is 1. The molecular weight excluding hydrogens is 536 g/mol. The van der Waals surface area contributed by atoms with Gasteiger partial charge < -0.3 is 25.8 Å². The second-order valence-corrected chi connectivity index (χ2v) is 8.98. The number of amides is 1. The third-order valence-electron chi connectivity index (χ3n) is 5.82. The molecule has 0 fully saturated rings. The van der Waals surface area contributed by atoms with Gasteiger partial charge in [0.05, 0.1) is 12.7 Å². The number of likely N-dealkylation sites (N-methyl/N-ethyl adjacent to an activating group) is 1. The first kappa shape index (κ1) is 31.5. The van der Waals surface area contributed by atoms with Gasteiger partial charge in [0, 0.05) is 54.8 Å². The second-order valence-electron chi connectivity index (χ2n) is 8.55. The number of hydrogen-bond acceptors (Lipinski definition) is 8. The molecule has 0 radical (unpaired) electrons. The Hall–Kier alpha value is -4.70. The number of anilines is 1. The first-order chi connectivity index (χ1) is 19.1. The molecule has 0 aliphatic carbocycles. The van der Waals surface area contributed by atoms with E-state index in [9.17, 15) is 19.2 Å². The van der Waals surface area contributed by atoms with E-state index in [1.165, 1.54) is 63.0 Å². The number of halogens is 1. The molecule has 10 nitrogen and oxygen atoms in total. The predicted molar refractivity (Wildman–Crippen MR) is 155 cm³/mol. The number of allylic oxidation sites excluding steroid dienone is 2. The molecule has 0 bridgehead atoms. The number of carbonyl (C=O) groups is 4. The van der Waals surface area contributed by atoms with Crippen molar-refractivity contribution >= 4 is 53.0 Å². The third-order valence-corrected chi connectivity index (χ3v) is 6.06. The van der Waals surface area contributed by atoms with Crippen LogP contribution in [0.1, 0.15) is 39.6 Å². The van der Waals surface area contributed by atoms with Gasteiger partial charge in [-0.05, 0) is 72.8 Å². The number of ketones is 1. The number of Topliss-reactive ketones (excluding diaryl/α,β-unsaturated/α-hetero) is 1. The van der Waals surface area contributed by atoms with Gasteiger partial charge >= 0.3 is 5.97 Å². The van der Waals surface area contributed by atoms with Crippen LogP contribution in [0, 0.1) is 0 Å². The highest BCUT2D eigenvalue weighted by atomic mass is 35.5. The van der Waals surface area contributed by atoms with Crippen LogP contribution in [0.25, 0.3) is 5.57 Å². The second kappa shape index (κ2) is 15.0. The summed E-state index contributed by atoms with van der Waals surface area (Å²) >= 11 is 6.20. The Kier molecular flexibility index (Phi) is 11.8. The van der Waals surface area contributed by atoms with Crippen LogP contribution in [0.3, 0.4) is 0 Å². The predicted octanol–water partition coefficient (Wildman–Crippen LogP) is 4.18. The Morgan fingerprint density at radius 1 is 1.18 bits per heavy atom. The van der Waals surface area contributed by atoms with E-state index in [4.69, 9.17) is 27.2 Å². The quantitative estimate of drug-likeness (QED) is 0.0815. The van der Waals surface area contributed by atoms with E-state index in [0.717, 1.165) is 0 Å². The van der Waals surface area contributed by atoms with Gasteiger partial charge in [-0.2, -0.15) is 0 Å². The van der Waals surface area contributed by atoms with Crippen LogP contribution in [0.4, 0.5) is 5.69 Å². The standard InChI is InChI=1S/C29H31ClN4O6/c1-18(36)23-10-7-21(30)14-25(23)24(11-12-35)27(40-4)17-34(3)26(13-19(15-31)16-32-2)28(37)33-22-8-5-20(6-9-22)29(38)39/h5-12,14-17,26H,13,31H2,1-4H3,(H,33,37)(H,38,39)/b19-15?,24-11-,27-17+,32-16?. The fourth-order valence-electron chi connectivity index (χ4n) is 3.82. The molecule has 0 aromatic heterocycles. The van der Waals surface area contributed by atoms with Crippen LogP contribution in [0.2, 0.25) is 5.02 Å². The van der Waals surface area contributed by atoms with Gasteiger partial charge in [0.2, 0.25) is 5.91 Å². The molecule has 2 rings (SSSR count). The maximum atomic E-state index is 13.5. The molecule has 40 heavy (non-hydrogen) atoms. The molecule has 0 aliphatic heterocycles. The largest absolute Gasteiger partial charge is 0.495 e. The van der Waals surface area contributed by atoms with E-state index < -0.39 is 17.9 Å². The Balaban J connectivity index is 2.55. The van der Waals surface area contributed by atoms with Gasteiger partial charge in [0.15, 0.2) is 5.78 Å². The van der Waals surface area contributed by atoms with Gasteiger partial charge in [-0.15, -0.1) is 0 Å². The maximum absolute atomic E-state index is 13.5. The van der Waals surface area contributed by atoms with Gasteiger partial charge in [-0.3, -0.25) is 19.4 Å². The number of nitrogens with one attached hydrogen (secondary N) is 1. The zero-order chi connectivity index (χ0) is 29.8. The average Bonchev–Trinajstić information content (AvgIpc) is 2.92. The number of benzene rings is 2. The molecule has 1 amide bonds. The summed E-state index contributed by atoms with van der Waals surface area (Å²) in [6.07, 6.45) is 6.33. The van der Waals surface area contributed by atoms with Crippen molar-refractivity contribution in [1.29, 1.82) is 0 Å². The van der Waals surface area contributed by atoms with Gasteiger partial charge in [-0.25, -0.2) is 4.79 Å². The highest BCUT2D eigenvalue weighted by molar-refractivity contribution is 6.31. The third kappa shape index (κ3) is 8.40. The van der Waals surface area contributed by atoms with E-state index in [1.807, 2.05) is 0 Å². The Labute approximate surface area is 237 Å². The summed E-state index contributed by atoms with van der Waals surface area (Å²) in [5.74, 6) is -1.58. The Bertz CT molecular complexity index is 1380. The minimum atomic E-state index is -1.09. The number of nitrogens with two attached hydrogens (primary N) is 1. The van der Waals surface area contributed by atoms with Crippen molar-refractivity contribution in [2.24, 2.45) is 10.7 Å². The van der Waals surface area contributed by atoms with Crippen molar-refractivity contribution < 1.29 is 29.0 Å². The number of nitrogens with zero attached hydrogens (tertiary/aromatic N) is 2. The number of aldehydes is 1. The van der Waals surface area contributed by atoms with Crippen LogP contribution in [0.15, 0.2) is 77.3 Å². The SMILES string of the molecule is CN=CC(=CN)CC(C(=O)Nc1ccc(C(=O)O)cc1)N(C)/C=C(OC)\C(=C/C=O)c1cc(Cl)ccc1C(C)=O. The number of hydrogen-bond donors (Lipinski definition) is 3. The molecule has 1 atom stereocenters. The molecule has 2 aromatic rings. The molecule has 210 valence electrons. The van der Waals surface area contributed by atoms with Crippen LogP contribution in [-0.2, 0) is 14.3 Å². The molecule has 0 saturated heterocycles. The molecule has 0 aliphatic rings. The lowest BCUT2D eigenvalue weighted by atomic mass is 9.95. The van der Waals surface area contributed by atoms with Crippen molar-refractivity contribution in [1.82, 2.24) is 4.90 Å². The van der Waals surface area contributed by atoms with Crippen LogP contribution in [-0.4, -0.2) is 67.4 Å². The summed E-state index contributed by atoms with van der Waals surface area (Å²) in [5.41, 5.74) is 7.79. The van der Waals surface area contributed by atoms with E-state index in [1.54, 1.807) is 37.2 Å². The summed E-state index contributed by atoms with van der Waals surface area (Å²) in [6, 6.07) is 9.54. The Morgan fingerprint density at radius 3 is 2.38 bits per heavy atom. The molecular formula is C29H31ClN4O6. The number of aromatic carboxylic acids is 1. The lowest BCUT2D eigenvalue weighted by Crippen LogP contribution is -2.40. The molecule has 2 aromatic carbocycles. The number of rotatable bonds is 13. The van der Waals surface area contributed by atoms with Crippen molar-refractivity contribution in [2.75, 3.05) is 26.5 Å². The van der Waals surface area contributed by atoms with E-state index in [-0.39, 0.29) is 29.1 Å². The summed E-state index contributed by atoms with van der Waals surface area (Å²) in [4.78, 5) is 54.1. The number of methoxy groups -OCH3 is 1. The molecule has 0 heterocycles. The van der Waals surface area contributed by atoms with Crippen molar-refractivity contribution in [3.05, 3.63) is 94.0 Å². The number of carbonyl (C=O) groups excluding carboxylic acids is 3. The lowest BCUT2D eigenvalue weighted by molar-refractivity contribution is -0.120. The van der Waals surface area contributed by atoms with E-state index >= 15 is 0 Å². The molecule has 4 N–H and O–H groups in total. The topological polar surface area (TPSA) is 151 Å². The summed E-state index contributed by atoms with van der Waals surface area (Å²) in [6.45, 7) is 1.40. The van der Waals surface area contributed by atoms with Crippen LogP contribution >= 0.6 is 11.6 Å². The summed E-state index contributed by atoms with van der Waals surface area (Å²) < 4.78 is 5.61. The fourth-order valence-corrected chi connectivity index (χ4v) is 3.99. The molecule has 0 saturated carbocycles. The highest BCUT2D eigenvalue weighted by Gasteiger charge is 2.25.